The molecular formula is C37H64N2O2. The Hall–Kier alpha value is -2.10. The minimum absolute atomic E-state index is 0.180. The SMILES string of the molecule is CCC=CCC=CCCCCCCCC(=O)NC1CCC(NC(=O)CCCCCCCC=CCC=CCCCC)C1. The predicted molar refractivity (Wildman–Crippen MR) is 178 cm³/mol. The summed E-state index contributed by atoms with van der Waals surface area (Å²) in [4.78, 5) is 24.7. The Balaban J connectivity index is 1.93. The molecule has 2 amide bonds. The van der Waals surface area contributed by atoms with Gasteiger partial charge in [-0.25, -0.2) is 0 Å². The molecule has 0 aromatic carbocycles. The van der Waals surface area contributed by atoms with Crippen LogP contribution in [0.25, 0.3) is 0 Å². The van der Waals surface area contributed by atoms with Crippen LogP contribution in [0.5, 0.6) is 0 Å². The zero-order valence-electron chi connectivity index (χ0n) is 26.9. The molecule has 0 spiro atoms. The number of nitrogens with one attached hydrogen (secondary N) is 2. The molecule has 1 rings (SSSR count). The summed E-state index contributed by atoms with van der Waals surface area (Å²) in [6.45, 7) is 4.39. The molecule has 0 heterocycles. The van der Waals surface area contributed by atoms with Gasteiger partial charge in [-0.2, -0.15) is 0 Å². The molecule has 1 aliphatic carbocycles. The van der Waals surface area contributed by atoms with E-state index in [0.717, 1.165) is 70.6 Å². The number of allylic oxidation sites excluding steroid dienone is 8. The molecule has 0 aromatic heterocycles. The summed E-state index contributed by atoms with van der Waals surface area (Å²) in [5.41, 5.74) is 0. The Morgan fingerprint density at radius 2 is 0.951 bits per heavy atom. The van der Waals surface area contributed by atoms with Crippen LogP contribution in [0.3, 0.4) is 0 Å². The highest BCUT2D eigenvalue weighted by Gasteiger charge is 2.26. The molecule has 1 fully saturated rings. The van der Waals surface area contributed by atoms with Gasteiger partial charge in [0.1, 0.15) is 0 Å². The van der Waals surface area contributed by atoms with Gasteiger partial charge in [0.15, 0.2) is 0 Å². The van der Waals surface area contributed by atoms with E-state index in [9.17, 15) is 9.59 Å². The minimum atomic E-state index is 0.180. The third-order valence-corrected chi connectivity index (χ3v) is 7.88. The summed E-state index contributed by atoms with van der Waals surface area (Å²) >= 11 is 0. The topological polar surface area (TPSA) is 58.2 Å². The Kier molecular flexibility index (Phi) is 25.3. The minimum Gasteiger partial charge on any atom is -0.353 e. The lowest BCUT2D eigenvalue weighted by Crippen LogP contribution is -2.37. The van der Waals surface area contributed by atoms with Gasteiger partial charge in [-0.3, -0.25) is 9.59 Å². The van der Waals surface area contributed by atoms with E-state index in [-0.39, 0.29) is 23.9 Å². The van der Waals surface area contributed by atoms with Crippen LogP contribution in [-0.2, 0) is 9.59 Å². The molecule has 41 heavy (non-hydrogen) atoms. The number of hydrogen-bond donors (Lipinski definition) is 2. The van der Waals surface area contributed by atoms with Crippen molar-refractivity contribution in [3.63, 3.8) is 0 Å². The fourth-order valence-corrected chi connectivity index (χ4v) is 5.38. The van der Waals surface area contributed by atoms with Gasteiger partial charge in [0.2, 0.25) is 11.8 Å². The van der Waals surface area contributed by atoms with E-state index in [1.54, 1.807) is 0 Å². The maximum Gasteiger partial charge on any atom is 0.220 e. The van der Waals surface area contributed by atoms with E-state index in [1.165, 1.54) is 64.2 Å². The van der Waals surface area contributed by atoms with Crippen molar-refractivity contribution in [2.24, 2.45) is 0 Å². The number of unbranched alkanes of at least 4 members (excludes halogenated alkanes) is 12. The molecule has 1 saturated carbocycles. The Labute approximate surface area is 254 Å². The van der Waals surface area contributed by atoms with Crippen molar-refractivity contribution in [2.75, 3.05) is 0 Å². The normalized spacial score (nSPS) is 17.5. The molecule has 0 bridgehead atoms. The molecule has 0 aromatic rings. The van der Waals surface area contributed by atoms with Crippen molar-refractivity contribution in [1.29, 1.82) is 0 Å². The van der Waals surface area contributed by atoms with Gasteiger partial charge in [0.05, 0.1) is 0 Å². The van der Waals surface area contributed by atoms with Crippen LogP contribution in [0.4, 0.5) is 0 Å². The molecule has 4 heteroatoms. The highest BCUT2D eigenvalue weighted by molar-refractivity contribution is 5.77. The smallest absolute Gasteiger partial charge is 0.220 e. The van der Waals surface area contributed by atoms with Crippen LogP contribution in [0.2, 0.25) is 0 Å². The summed E-state index contributed by atoms with van der Waals surface area (Å²) in [6, 6.07) is 0.440. The van der Waals surface area contributed by atoms with Gasteiger partial charge in [0.25, 0.3) is 0 Å². The fourth-order valence-electron chi connectivity index (χ4n) is 5.38. The molecule has 1 aliphatic rings. The van der Waals surface area contributed by atoms with E-state index in [0.29, 0.717) is 12.8 Å². The van der Waals surface area contributed by atoms with E-state index in [2.05, 4.69) is 73.1 Å². The summed E-state index contributed by atoms with van der Waals surface area (Å²) in [6.07, 6.45) is 43.2. The van der Waals surface area contributed by atoms with Crippen molar-refractivity contribution in [1.82, 2.24) is 10.6 Å². The third-order valence-electron chi connectivity index (χ3n) is 7.88. The highest BCUT2D eigenvalue weighted by Crippen LogP contribution is 2.20. The van der Waals surface area contributed by atoms with Crippen molar-refractivity contribution in [2.45, 2.75) is 174 Å². The first-order valence-electron chi connectivity index (χ1n) is 17.3. The van der Waals surface area contributed by atoms with Crippen LogP contribution in [-0.4, -0.2) is 23.9 Å². The Morgan fingerprint density at radius 3 is 1.41 bits per heavy atom. The number of hydrogen-bond acceptors (Lipinski definition) is 2. The Bertz CT molecular complexity index is 752. The number of carbonyl (C=O) groups excluding carboxylic acids is 2. The second-order valence-corrected chi connectivity index (χ2v) is 11.9. The fraction of sp³-hybridized carbons (Fsp3) is 0.730. The van der Waals surface area contributed by atoms with Crippen molar-refractivity contribution < 1.29 is 9.59 Å². The maximum atomic E-state index is 12.4. The number of rotatable bonds is 26. The van der Waals surface area contributed by atoms with Crippen LogP contribution in [0.15, 0.2) is 48.6 Å². The first kappa shape index (κ1) is 36.9. The highest BCUT2D eigenvalue weighted by atomic mass is 16.2. The maximum absolute atomic E-state index is 12.4. The van der Waals surface area contributed by atoms with Crippen molar-refractivity contribution in [3.05, 3.63) is 48.6 Å². The standard InChI is InChI=1S/C37H64N2O2/c1-3-5-7-9-11-13-15-17-18-20-22-24-26-28-30-37(41)39-35-32-31-34(33-35)38-36(40)29-27-25-23-21-19-16-14-12-10-8-6-4-2/h6,8-9,11-12,14-15,17,34-35H,3-5,7,10,13,16,18-33H2,1-2H3,(H,38,40)(H,39,41). The molecule has 234 valence electrons. The zero-order valence-corrected chi connectivity index (χ0v) is 26.9. The van der Waals surface area contributed by atoms with Gasteiger partial charge >= 0.3 is 0 Å². The first-order chi connectivity index (χ1) is 20.2. The van der Waals surface area contributed by atoms with E-state index >= 15 is 0 Å². The molecule has 0 radical (unpaired) electrons. The van der Waals surface area contributed by atoms with Crippen LogP contribution >= 0.6 is 0 Å². The quantitative estimate of drug-likeness (QED) is 0.0805. The van der Waals surface area contributed by atoms with Crippen LogP contribution in [0.1, 0.15) is 162 Å². The van der Waals surface area contributed by atoms with Crippen molar-refractivity contribution >= 4 is 11.8 Å². The van der Waals surface area contributed by atoms with Crippen molar-refractivity contribution in [3.8, 4) is 0 Å². The second kappa shape index (κ2) is 28.0. The average Bonchev–Trinajstić information content (AvgIpc) is 3.39. The van der Waals surface area contributed by atoms with E-state index in [1.807, 2.05) is 0 Å². The molecule has 2 atom stereocenters. The summed E-state index contributed by atoms with van der Waals surface area (Å²) < 4.78 is 0. The van der Waals surface area contributed by atoms with E-state index < -0.39 is 0 Å². The molecule has 0 aliphatic heterocycles. The average molecular weight is 569 g/mol. The van der Waals surface area contributed by atoms with Gasteiger partial charge in [0, 0.05) is 24.9 Å². The summed E-state index contributed by atoms with van der Waals surface area (Å²) in [7, 11) is 0. The second-order valence-electron chi connectivity index (χ2n) is 11.9. The molecule has 2 unspecified atom stereocenters. The van der Waals surface area contributed by atoms with Crippen LogP contribution < -0.4 is 10.6 Å². The summed E-state index contributed by atoms with van der Waals surface area (Å²) in [5.74, 6) is 0.362. The zero-order chi connectivity index (χ0) is 29.6. The lowest BCUT2D eigenvalue weighted by molar-refractivity contribution is -0.122. The van der Waals surface area contributed by atoms with Crippen LogP contribution in [0, 0.1) is 0 Å². The lowest BCUT2D eigenvalue weighted by Gasteiger charge is -2.15. The molecule has 2 N–H and O–H groups in total. The lowest BCUT2D eigenvalue weighted by atomic mass is 10.1. The monoisotopic (exact) mass is 568 g/mol. The van der Waals surface area contributed by atoms with Gasteiger partial charge in [-0.1, -0.05) is 114 Å². The molecule has 4 nitrogen and oxygen atoms in total. The third kappa shape index (κ3) is 24.2. The molecular weight excluding hydrogens is 504 g/mol. The Morgan fingerprint density at radius 1 is 0.537 bits per heavy atom. The number of amides is 2. The summed E-state index contributed by atoms with van der Waals surface area (Å²) in [5, 5.41) is 6.42. The van der Waals surface area contributed by atoms with Gasteiger partial charge in [-0.15, -0.1) is 0 Å². The predicted octanol–water partition coefficient (Wildman–Crippen LogP) is 10.2. The van der Waals surface area contributed by atoms with Gasteiger partial charge in [-0.05, 0) is 83.5 Å². The number of carbonyl (C=O) groups is 2. The first-order valence-corrected chi connectivity index (χ1v) is 17.3. The molecule has 0 saturated heterocycles. The van der Waals surface area contributed by atoms with E-state index in [4.69, 9.17) is 0 Å². The van der Waals surface area contributed by atoms with Gasteiger partial charge < -0.3 is 10.6 Å². The largest absolute Gasteiger partial charge is 0.353 e.